The first kappa shape index (κ1) is 11.0. The van der Waals surface area contributed by atoms with Crippen molar-refractivity contribution in [3.05, 3.63) is 0 Å². The first-order chi connectivity index (χ1) is 7.86. The fourth-order valence-corrected chi connectivity index (χ4v) is 3.10. The number of hydrogen-bond donors (Lipinski definition) is 1. The summed E-state index contributed by atoms with van der Waals surface area (Å²) < 4.78 is 11.4. The second-order valence-electron chi connectivity index (χ2n) is 5.73. The first-order valence-electron chi connectivity index (χ1n) is 6.81. The smallest absolute Gasteiger partial charge is 0.0951 e. The van der Waals surface area contributed by atoms with E-state index in [-0.39, 0.29) is 5.60 Å². The second-order valence-corrected chi connectivity index (χ2v) is 5.73. The Morgan fingerprint density at radius 1 is 1.19 bits per heavy atom. The summed E-state index contributed by atoms with van der Waals surface area (Å²) in [6.07, 6.45) is 7.73. The van der Waals surface area contributed by atoms with Crippen LogP contribution >= 0.6 is 0 Å². The van der Waals surface area contributed by atoms with E-state index in [2.05, 4.69) is 5.32 Å². The van der Waals surface area contributed by atoms with Gasteiger partial charge >= 0.3 is 0 Å². The van der Waals surface area contributed by atoms with E-state index in [0.717, 1.165) is 38.6 Å². The molecule has 1 aliphatic carbocycles. The molecule has 16 heavy (non-hydrogen) atoms. The lowest BCUT2D eigenvalue weighted by molar-refractivity contribution is -0.0897. The maximum atomic E-state index is 5.94. The Morgan fingerprint density at radius 3 is 2.81 bits per heavy atom. The molecule has 0 bridgehead atoms. The molecule has 1 N–H and O–H groups in total. The summed E-state index contributed by atoms with van der Waals surface area (Å²) in [4.78, 5) is 0. The maximum Gasteiger partial charge on any atom is 0.0951 e. The van der Waals surface area contributed by atoms with Crippen molar-refractivity contribution in [2.45, 2.75) is 50.2 Å². The second kappa shape index (κ2) is 4.63. The summed E-state index contributed by atoms with van der Waals surface area (Å²) in [6.45, 7) is 3.83. The molecule has 2 atom stereocenters. The largest absolute Gasteiger partial charge is 0.378 e. The Kier molecular flexibility index (Phi) is 3.18. The molecule has 2 saturated heterocycles. The first-order valence-corrected chi connectivity index (χ1v) is 6.81. The van der Waals surface area contributed by atoms with Crippen LogP contribution in [0.4, 0.5) is 0 Å². The SMILES string of the molecule is C1CC(CNC2CCOC3(CCOC3)C2)C1. The van der Waals surface area contributed by atoms with Gasteiger partial charge in [-0.05, 0) is 38.1 Å². The van der Waals surface area contributed by atoms with Crippen LogP contribution in [0.2, 0.25) is 0 Å². The lowest BCUT2D eigenvalue weighted by Gasteiger charge is -2.38. The zero-order valence-corrected chi connectivity index (χ0v) is 10.0. The van der Waals surface area contributed by atoms with Crippen LogP contribution in [0.1, 0.15) is 38.5 Å². The van der Waals surface area contributed by atoms with Crippen LogP contribution in [-0.2, 0) is 9.47 Å². The van der Waals surface area contributed by atoms with Crippen molar-refractivity contribution in [3.63, 3.8) is 0 Å². The maximum absolute atomic E-state index is 5.94. The van der Waals surface area contributed by atoms with Gasteiger partial charge in [0.15, 0.2) is 0 Å². The predicted molar refractivity (Wildman–Crippen MR) is 62.5 cm³/mol. The van der Waals surface area contributed by atoms with E-state index < -0.39 is 0 Å². The lowest BCUT2D eigenvalue weighted by atomic mass is 9.84. The van der Waals surface area contributed by atoms with E-state index >= 15 is 0 Å². The summed E-state index contributed by atoms with van der Waals surface area (Å²) >= 11 is 0. The molecule has 0 aromatic rings. The molecule has 0 radical (unpaired) electrons. The Hall–Kier alpha value is -0.120. The Bertz CT molecular complexity index is 234. The highest BCUT2D eigenvalue weighted by Crippen LogP contribution is 2.33. The van der Waals surface area contributed by atoms with Crippen LogP contribution in [0.25, 0.3) is 0 Å². The number of hydrogen-bond acceptors (Lipinski definition) is 3. The molecule has 3 heteroatoms. The van der Waals surface area contributed by atoms with Crippen LogP contribution in [0.15, 0.2) is 0 Å². The van der Waals surface area contributed by atoms with Gasteiger partial charge in [0.1, 0.15) is 0 Å². The van der Waals surface area contributed by atoms with Crippen LogP contribution in [0, 0.1) is 5.92 Å². The molecule has 2 aliphatic heterocycles. The van der Waals surface area contributed by atoms with Crippen molar-refractivity contribution < 1.29 is 9.47 Å². The summed E-state index contributed by atoms with van der Waals surface area (Å²) in [6, 6.07) is 0.663. The summed E-state index contributed by atoms with van der Waals surface area (Å²) in [5, 5.41) is 3.74. The minimum absolute atomic E-state index is 0.0650. The molecule has 1 saturated carbocycles. The minimum atomic E-state index is 0.0650. The predicted octanol–water partition coefficient (Wildman–Crippen LogP) is 1.71. The molecule has 2 unspecified atom stereocenters. The van der Waals surface area contributed by atoms with Gasteiger partial charge in [-0.1, -0.05) is 6.42 Å². The van der Waals surface area contributed by atoms with Crippen molar-refractivity contribution >= 4 is 0 Å². The van der Waals surface area contributed by atoms with Gasteiger partial charge in [-0.2, -0.15) is 0 Å². The van der Waals surface area contributed by atoms with Crippen molar-refractivity contribution in [2.24, 2.45) is 5.92 Å². The van der Waals surface area contributed by atoms with E-state index in [1.165, 1.54) is 32.2 Å². The Labute approximate surface area is 97.9 Å². The number of nitrogens with one attached hydrogen (secondary N) is 1. The molecule has 3 aliphatic rings. The van der Waals surface area contributed by atoms with Gasteiger partial charge in [0.25, 0.3) is 0 Å². The van der Waals surface area contributed by atoms with Gasteiger partial charge in [-0.15, -0.1) is 0 Å². The Morgan fingerprint density at radius 2 is 2.12 bits per heavy atom. The zero-order chi connectivity index (χ0) is 10.8. The third-order valence-electron chi connectivity index (χ3n) is 4.48. The van der Waals surface area contributed by atoms with Crippen molar-refractivity contribution in [3.8, 4) is 0 Å². The Balaban J connectivity index is 1.47. The highest BCUT2D eigenvalue weighted by Gasteiger charge is 2.40. The number of rotatable bonds is 3. The topological polar surface area (TPSA) is 30.5 Å². The van der Waals surface area contributed by atoms with Crippen LogP contribution in [-0.4, -0.2) is 38.0 Å². The third-order valence-corrected chi connectivity index (χ3v) is 4.48. The minimum Gasteiger partial charge on any atom is -0.378 e. The van der Waals surface area contributed by atoms with E-state index in [1.54, 1.807) is 0 Å². The highest BCUT2D eigenvalue weighted by atomic mass is 16.6. The fraction of sp³-hybridized carbons (Fsp3) is 1.00. The van der Waals surface area contributed by atoms with E-state index in [4.69, 9.17) is 9.47 Å². The van der Waals surface area contributed by atoms with Gasteiger partial charge in [0.2, 0.25) is 0 Å². The van der Waals surface area contributed by atoms with E-state index in [0.29, 0.717) is 6.04 Å². The molecule has 3 nitrogen and oxygen atoms in total. The molecule has 92 valence electrons. The van der Waals surface area contributed by atoms with E-state index in [9.17, 15) is 0 Å². The molecule has 0 aromatic carbocycles. The third kappa shape index (κ3) is 2.27. The summed E-state index contributed by atoms with van der Waals surface area (Å²) in [5.74, 6) is 0.957. The molecule has 3 rings (SSSR count). The average Bonchev–Trinajstić information content (AvgIpc) is 2.64. The van der Waals surface area contributed by atoms with Crippen LogP contribution < -0.4 is 5.32 Å². The molecule has 3 fully saturated rings. The standard InChI is InChI=1S/C13H23NO2/c1-2-11(3-1)9-14-12-4-6-16-13(8-12)5-7-15-10-13/h11-12,14H,1-10H2. The fourth-order valence-electron chi connectivity index (χ4n) is 3.10. The van der Waals surface area contributed by atoms with E-state index in [1.807, 2.05) is 0 Å². The van der Waals surface area contributed by atoms with Gasteiger partial charge in [-0.3, -0.25) is 0 Å². The normalized spacial score (nSPS) is 40.1. The van der Waals surface area contributed by atoms with Crippen LogP contribution in [0.5, 0.6) is 0 Å². The quantitative estimate of drug-likeness (QED) is 0.793. The molecule has 1 spiro atoms. The molecule has 2 heterocycles. The highest BCUT2D eigenvalue weighted by molar-refractivity contribution is 4.93. The van der Waals surface area contributed by atoms with Crippen molar-refractivity contribution in [1.29, 1.82) is 0 Å². The van der Waals surface area contributed by atoms with Gasteiger partial charge < -0.3 is 14.8 Å². The molecular formula is C13H23NO2. The van der Waals surface area contributed by atoms with Crippen LogP contribution in [0.3, 0.4) is 0 Å². The molecule has 0 amide bonds. The number of ether oxygens (including phenoxy) is 2. The molecule has 0 aromatic heterocycles. The average molecular weight is 225 g/mol. The van der Waals surface area contributed by atoms with Crippen molar-refractivity contribution in [2.75, 3.05) is 26.4 Å². The zero-order valence-electron chi connectivity index (χ0n) is 10.0. The van der Waals surface area contributed by atoms with Gasteiger partial charge in [0, 0.05) is 25.7 Å². The van der Waals surface area contributed by atoms with Crippen molar-refractivity contribution in [1.82, 2.24) is 5.32 Å². The molecular weight excluding hydrogens is 202 g/mol. The monoisotopic (exact) mass is 225 g/mol. The summed E-state index contributed by atoms with van der Waals surface area (Å²) in [7, 11) is 0. The summed E-state index contributed by atoms with van der Waals surface area (Å²) in [5.41, 5.74) is 0.0650. The lowest BCUT2D eigenvalue weighted by Crippen LogP contribution is -2.48. The van der Waals surface area contributed by atoms with Gasteiger partial charge in [0.05, 0.1) is 12.2 Å². The van der Waals surface area contributed by atoms with Gasteiger partial charge in [-0.25, -0.2) is 0 Å².